The van der Waals surface area contributed by atoms with Gasteiger partial charge in [0.2, 0.25) is 0 Å². The van der Waals surface area contributed by atoms with Crippen LogP contribution in [0, 0.1) is 0 Å². The van der Waals surface area contributed by atoms with Crippen molar-refractivity contribution in [2.24, 2.45) is 0 Å². The summed E-state index contributed by atoms with van der Waals surface area (Å²) in [6.07, 6.45) is 22.3. The van der Waals surface area contributed by atoms with E-state index in [1.807, 2.05) is 0 Å². The van der Waals surface area contributed by atoms with Crippen molar-refractivity contribution in [3.05, 3.63) is 24.3 Å². The van der Waals surface area contributed by atoms with E-state index in [2.05, 4.69) is 31.2 Å². The lowest BCUT2D eigenvalue weighted by Crippen LogP contribution is -1.93. The first-order valence-corrected chi connectivity index (χ1v) is 8.29. The Kier molecular flexibility index (Phi) is 15.2. The van der Waals surface area contributed by atoms with Crippen molar-refractivity contribution in [3.8, 4) is 0 Å². The Balaban J connectivity index is 3.16. The van der Waals surface area contributed by atoms with E-state index >= 15 is 0 Å². The molecular formula is C18H32O2. The predicted octanol–water partition coefficient (Wildman–Crippen LogP) is 5.88. The molecule has 0 fully saturated rings. The topological polar surface area (TPSA) is 37.3 Å². The standard InChI is InChI=1S/C18H32O2/c1-2-3-4-5-6-7-8-9-10-11-12-13-14-15-16-17-18(19)20/h5-6,10-11H,2-4,7-9,12-17H2,1H3,(H,19,20)/b6-5+,11-10+. The van der Waals surface area contributed by atoms with Crippen LogP contribution in [0.1, 0.15) is 84.0 Å². The van der Waals surface area contributed by atoms with Gasteiger partial charge in [0.15, 0.2) is 0 Å². The number of unbranched alkanes of at least 4 members (excludes halogenated alkanes) is 8. The smallest absolute Gasteiger partial charge is 0.303 e. The fourth-order valence-corrected chi connectivity index (χ4v) is 2.04. The molecule has 0 heterocycles. The molecule has 0 unspecified atom stereocenters. The van der Waals surface area contributed by atoms with Crippen molar-refractivity contribution in [2.45, 2.75) is 84.0 Å². The minimum atomic E-state index is -0.673. The lowest BCUT2D eigenvalue weighted by Gasteiger charge is -1.97. The highest BCUT2D eigenvalue weighted by Crippen LogP contribution is 2.07. The van der Waals surface area contributed by atoms with Crippen molar-refractivity contribution < 1.29 is 9.90 Å². The van der Waals surface area contributed by atoms with Crippen molar-refractivity contribution in [3.63, 3.8) is 0 Å². The van der Waals surface area contributed by atoms with Gasteiger partial charge in [-0.25, -0.2) is 0 Å². The fourth-order valence-electron chi connectivity index (χ4n) is 2.04. The molecule has 1 N–H and O–H groups in total. The predicted molar refractivity (Wildman–Crippen MR) is 87.0 cm³/mol. The molecule has 0 radical (unpaired) electrons. The largest absolute Gasteiger partial charge is 0.481 e. The molecule has 0 amide bonds. The van der Waals surface area contributed by atoms with E-state index in [0.29, 0.717) is 6.42 Å². The van der Waals surface area contributed by atoms with Crippen LogP contribution in [0.4, 0.5) is 0 Å². The van der Waals surface area contributed by atoms with Gasteiger partial charge in [-0.2, -0.15) is 0 Å². The zero-order chi connectivity index (χ0) is 14.9. The number of allylic oxidation sites excluding steroid dienone is 4. The zero-order valence-corrected chi connectivity index (χ0v) is 13.2. The first-order valence-electron chi connectivity index (χ1n) is 8.29. The molecule has 0 aliphatic heterocycles. The molecule has 0 saturated carbocycles. The lowest BCUT2D eigenvalue weighted by atomic mass is 10.1. The first-order chi connectivity index (χ1) is 9.77. The van der Waals surface area contributed by atoms with Crippen molar-refractivity contribution >= 4 is 5.97 Å². The van der Waals surface area contributed by atoms with Gasteiger partial charge in [-0.05, 0) is 44.9 Å². The van der Waals surface area contributed by atoms with E-state index in [9.17, 15) is 4.79 Å². The molecule has 0 bridgehead atoms. The molecule has 0 aromatic heterocycles. The van der Waals surface area contributed by atoms with E-state index in [1.165, 1.54) is 44.9 Å². The average molecular weight is 280 g/mol. The number of rotatable bonds is 14. The molecule has 2 nitrogen and oxygen atoms in total. The second-order valence-corrected chi connectivity index (χ2v) is 5.36. The first kappa shape index (κ1) is 18.9. The van der Waals surface area contributed by atoms with Crippen LogP contribution in [-0.4, -0.2) is 11.1 Å². The molecule has 0 rings (SSSR count). The van der Waals surface area contributed by atoms with Crippen molar-refractivity contribution in [1.29, 1.82) is 0 Å². The number of carboxylic acid groups (broad SMARTS) is 1. The van der Waals surface area contributed by atoms with Crippen molar-refractivity contribution in [2.75, 3.05) is 0 Å². The Bertz CT molecular complexity index is 267. The summed E-state index contributed by atoms with van der Waals surface area (Å²) in [5, 5.41) is 8.50. The Hall–Kier alpha value is -1.05. The van der Waals surface area contributed by atoms with Gasteiger partial charge in [0, 0.05) is 6.42 Å². The summed E-state index contributed by atoms with van der Waals surface area (Å²) in [7, 11) is 0. The Morgan fingerprint density at radius 1 is 0.750 bits per heavy atom. The molecule has 2 heteroatoms. The molecule has 0 saturated heterocycles. The van der Waals surface area contributed by atoms with E-state index < -0.39 is 5.97 Å². The van der Waals surface area contributed by atoms with Gasteiger partial charge in [-0.1, -0.05) is 56.9 Å². The van der Waals surface area contributed by atoms with Gasteiger partial charge >= 0.3 is 5.97 Å². The lowest BCUT2D eigenvalue weighted by molar-refractivity contribution is -0.137. The third kappa shape index (κ3) is 16.9. The SMILES string of the molecule is CCCC/C=C/CCC/C=C/CCCCCCC(=O)O. The maximum Gasteiger partial charge on any atom is 0.303 e. The van der Waals surface area contributed by atoms with Crippen LogP contribution >= 0.6 is 0 Å². The quantitative estimate of drug-likeness (QED) is 0.318. The fraction of sp³-hybridized carbons (Fsp3) is 0.722. The number of carbonyl (C=O) groups is 1. The van der Waals surface area contributed by atoms with E-state index in [1.54, 1.807) is 0 Å². The van der Waals surface area contributed by atoms with Crippen LogP contribution in [0.5, 0.6) is 0 Å². The molecule has 0 aromatic carbocycles. The third-order valence-corrected chi connectivity index (χ3v) is 3.31. The maximum absolute atomic E-state index is 10.3. The monoisotopic (exact) mass is 280 g/mol. The van der Waals surface area contributed by atoms with Crippen LogP contribution in [-0.2, 0) is 4.79 Å². The van der Waals surface area contributed by atoms with Gasteiger partial charge in [-0.3, -0.25) is 4.79 Å². The molecule has 0 aromatic rings. The second-order valence-electron chi connectivity index (χ2n) is 5.36. The minimum absolute atomic E-state index is 0.321. The molecule has 20 heavy (non-hydrogen) atoms. The summed E-state index contributed by atoms with van der Waals surface area (Å²) < 4.78 is 0. The van der Waals surface area contributed by atoms with Crippen LogP contribution in [0.25, 0.3) is 0 Å². The van der Waals surface area contributed by atoms with Crippen LogP contribution in [0.3, 0.4) is 0 Å². The highest BCUT2D eigenvalue weighted by atomic mass is 16.4. The normalized spacial score (nSPS) is 11.7. The highest BCUT2D eigenvalue weighted by Gasteiger charge is 1.95. The summed E-state index contributed by atoms with van der Waals surface area (Å²) in [5.74, 6) is -0.673. The Morgan fingerprint density at radius 3 is 1.80 bits per heavy atom. The van der Waals surface area contributed by atoms with Gasteiger partial charge in [-0.15, -0.1) is 0 Å². The Morgan fingerprint density at radius 2 is 1.25 bits per heavy atom. The van der Waals surface area contributed by atoms with Gasteiger partial charge in [0.1, 0.15) is 0 Å². The van der Waals surface area contributed by atoms with Crippen molar-refractivity contribution in [1.82, 2.24) is 0 Å². The van der Waals surface area contributed by atoms with Gasteiger partial charge < -0.3 is 5.11 Å². The zero-order valence-electron chi connectivity index (χ0n) is 13.2. The van der Waals surface area contributed by atoms with Gasteiger partial charge in [0.25, 0.3) is 0 Å². The highest BCUT2D eigenvalue weighted by molar-refractivity contribution is 5.66. The number of hydrogen-bond donors (Lipinski definition) is 1. The number of hydrogen-bond acceptors (Lipinski definition) is 1. The van der Waals surface area contributed by atoms with E-state index in [0.717, 1.165) is 25.7 Å². The van der Waals surface area contributed by atoms with Gasteiger partial charge in [0.05, 0.1) is 0 Å². The van der Waals surface area contributed by atoms with Crippen LogP contribution < -0.4 is 0 Å². The van der Waals surface area contributed by atoms with Crippen LogP contribution in [0.2, 0.25) is 0 Å². The second kappa shape index (κ2) is 16.0. The Labute approximate surface area is 125 Å². The third-order valence-electron chi connectivity index (χ3n) is 3.31. The summed E-state index contributed by atoms with van der Waals surface area (Å²) in [6, 6.07) is 0. The number of carboxylic acids is 1. The molecule has 116 valence electrons. The van der Waals surface area contributed by atoms with E-state index in [-0.39, 0.29) is 0 Å². The summed E-state index contributed by atoms with van der Waals surface area (Å²) in [6.45, 7) is 2.23. The van der Waals surface area contributed by atoms with Crippen LogP contribution in [0.15, 0.2) is 24.3 Å². The summed E-state index contributed by atoms with van der Waals surface area (Å²) in [5.41, 5.74) is 0. The summed E-state index contributed by atoms with van der Waals surface area (Å²) >= 11 is 0. The number of aliphatic carboxylic acids is 1. The molecular weight excluding hydrogens is 248 g/mol. The molecule has 0 aliphatic carbocycles. The minimum Gasteiger partial charge on any atom is -0.481 e. The van der Waals surface area contributed by atoms with E-state index in [4.69, 9.17) is 5.11 Å². The maximum atomic E-state index is 10.3. The average Bonchev–Trinajstić information content (AvgIpc) is 2.43. The molecule has 0 spiro atoms. The summed E-state index contributed by atoms with van der Waals surface area (Å²) in [4.78, 5) is 10.3. The molecule has 0 aliphatic rings. The molecule has 0 atom stereocenters.